The molecule has 0 spiro atoms. The zero-order chi connectivity index (χ0) is 20.7. The SMILES string of the molecule is O=C(N[C@@H]1[C@@H]2CCc3ccccc3[C@H]21)c1ccc(S(=O)(=O)Nc2ccncc2)cc1. The molecule has 3 aromatic rings. The first-order chi connectivity index (χ1) is 14.5. The summed E-state index contributed by atoms with van der Waals surface area (Å²) in [7, 11) is -3.73. The van der Waals surface area contributed by atoms with Gasteiger partial charge in [0.25, 0.3) is 15.9 Å². The third-order valence-corrected chi connectivity index (χ3v) is 7.38. The average molecular weight is 420 g/mol. The van der Waals surface area contributed by atoms with Crippen LogP contribution in [-0.4, -0.2) is 25.4 Å². The lowest BCUT2D eigenvalue weighted by molar-refractivity contribution is 0.0948. The van der Waals surface area contributed by atoms with E-state index >= 15 is 0 Å². The smallest absolute Gasteiger partial charge is 0.261 e. The molecule has 1 fully saturated rings. The quantitative estimate of drug-likeness (QED) is 0.664. The number of aromatic nitrogens is 1. The van der Waals surface area contributed by atoms with Crippen LogP contribution in [0.15, 0.2) is 78.0 Å². The molecule has 30 heavy (non-hydrogen) atoms. The van der Waals surface area contributed by atoms with Crippen LogP contribution in [0.2, 0.25) is 0 Å². The Morgan fingerprint density at radius 1 is 0.967 bits per heavy atom. The van der Waals surface area contributed by atoms with Crippen molar-refractivity contribution in [2.75, 3.05) is 4.72 Å². The minimum Gasteiger partial charge on any atom is -0.348 e. The number of anilines is 1. The van der Waals surface area contributed by atoms with E-state index < -0.39 is 10.0 Å². The number of aryl methyl sites for hydroxylation is 1. The van der Waals surface area contributed by atoms with Gasteiger partial charge in [-0.1, -0.05) is 24.3 Å². The number of carbonyl (C=O) groups is 1. The second-order valence-corrected chi connectivity index (χ2v) is 9.47. The van der Waals surface area contributed by atoms with E-state index in [-0.39, 0.29) is 16.8 Å². The van der Waals surface area contributed by atoms with Crippen molar-refractivity contribution in [1.82, 2.24) is 10.3 Å². The highest BCUT2D eigenvalue weighted by molar-refractivity contribution is 7.92. The highest BCUT2D eigenvalue weighted by atomic mass is 32.2. The molecular formula is C23H21N3O3S. The molecule has 0 bridgehead atoms. The van der Waals surface area contributed by atoms with Crippen molar-refractivity contribution in [2.45, 2.75) is 29.7 Å². The van der Waals surface area contributed by atoms with E-state index in [1.54, 1.807) is 24.3 Å². The second kappa shape index (κ2) is 7.25. The molecular weight excluding hydrogens is 398 g/mol. The first-order valence-corrected chi connectivity index (χ1v) is 11.4. The molecule has 3 atom stereocenters. The highest BCUT2D eigenvalue weighted by Crippen LogP contribution is 2.54. The Bertz CT molecular complexity index is 1190. The van der Waals surface area contributed by atoms with Gasteiger partial charge in [0, 0.05) is 29.9 Å². The van der Waals surface area contributed by atoms with E-state index in [1.165, 1.54) is 35.7 Å². The van der Waals surface area contributed by atoms with Crippen molar-refractivity contribution in [3.63, 3.8) is 0 Å². The minimum absolute atomic E-state index is 0.102. The fourth-order valence-corrected chi connectivity index (χ4v) is 5.48. The lowest BCUT2D eigenvalue weighted by Gasteiger charge is -2.13. The number of carbonyl (C=O) groups excluding carboxylic acids is 1. The molecule has 5 rings (SSSR count). The number of pyridine rings is 1. The highest BCUT2D eigenvalue weighted by Gasteiger charge is 2.53. The molecule has 2 N–H and O–H groups in total. The van der Waals surface area contributed by atoms with Crippen LogP contribution in [0.5, 0.6) is 0 Å². The van der Waals surface area contributed by atoms with Crippen LogP contribution in [0.25, 0.3) is 0 Å². The summed E-state index contributed by atoms with van der Waals surface area (Å²) in [5.41, 5.74) is 3.62. The van der Waals surface area contributed by atoms with Crippen LogP contribution in [0.1, 0.15) is 33.8 Å². The Kier molecular flexibility index (Phi) is 4.55. The molecule has 0 radical (unpaired) electrons. The van der Waals surface area contributed by atoms with E-state index in [9.17, 15) is 13.2 Å². The van der Waals surface area contributed by atoms with Crippen molar-refractivity contribution in [3.05, 3.63) is 89.7 Å². The maximum absolute atomic E-state index is 12.7. The summed E-state index contributed by atoms with van der Waals surface area (Å²) in [6.45, 7) is 0. The Morgan fingerprint density at radius 3 is 2.47 bits per heavy atom. The normalized spacial score (nSPS) is 21.8. The summed E-state index contributed by atoms with van der Waals surface area (Å²) in [6, 6.07) is 17.8. The van der Waals surface area contributed by atoms with Gasteiger partial charge in [-0.25, -0.2) is 8.42 Å². The van der Waals surface area contributed by atoms with Gasteiger partial charge in [-0.3, -0.25) is 14.5 Å². The van der Waals surface area contributed by atoms with Gasteiger partial charge in [-0.2, -0.15) is 0 Å². The topological polar surface area (TPSA) is 88.2 Å². The van der Waals surface area contributed by atoms with Crippen LogP contribution in [0, 0.1) is 5.92 Å². The van der Waals surface area contributed by atoms with Gasteiger partial charge in [-0.05, 0) is 66.3 Å². The number of nitrogens with one attached hydrogen (secondary N) is 2. The molecule has 1 amide bonds. The van der Waals surface area contributed by atoms with E-state index in [4.69, 9.17) is 0 Å². The third-order valence-electron chi connectivity index (χ3n) is 5.99. The van der Waals surface area contributed by atoms with Gasteiger partial charge in [0.2, 0.25) is 0 Å². The Morgan fingerprint density at radius 2 is 1.70 bits per heavy atom. The summed E-state index contributed by atoms with van der Waals surface area (Å²) < 4.78 is 27.6. The van der Waals surface area contributed by atoms with E-state index in [0.29, 0.717) is 23.1 Å². The predicted octanol–water partition coefficient (Wildman–Crippen LogP) is 3.34. The van der Waals surface area contributed by atoms with E-state index in [1.807, 2.05) is 0 Å². The molecule has 6 nitrogen and oxygen atoms in total. The summed E-state index contributed by atoms with van der Waals surface area (Å²) in [6.07, 6.45) is 5.17. The lowest BCUT2D eigenvalue weighted by Crippen LogP contribution is -2.27. The fourth-order valence-electron chi connectivity index (χ4n) is 4.42. The van der Waals surface area contributed by atoms with E-state index in [0.717, 1.165) is 12.8 Å². The third kappa shape index (κ3) is 3.45. The van der Waals surface area contributed by atoms with Crippen LogP contribution in [-0.2, 0) is 16.4 Å². The van der Waals surface area contributed by atoms with Gasteiger partial charge >= 0.3 is 0 Å². The van der Waals surface area contributed by atoms with Crippen molar-refractivity contribution in [2.24, 2.45) is 5.92 Å². The van der Waals surface area contributed by atoms with Crippen molar-refractivity contribution < 1.29 is 13.2 Å². The first kappa shape index (κ1) is 18.8. The van der Waals surface area contributed by atoms with E-state index in [2.05, 4.69) is 39.3 Å². The van der Waals surface area contributed by atoms with Crippen molar-refractivity contribution in [1.29, 1.82) is 0 Å². The Hall–Kier alpha value is -3.19. The zero-order valence-electron chi connectivity index (χ0n) is 16.2. The van der Waals surface area contributed by atoms with Crippen LogP contribution < -0.4 is 10.0 Å². The van der Waals surface area contributed by atoms with Crippen LogP contribution >= 0.6 is 0 Å². The largest absolute Gasteiger partial charge is 0.348 e. The monoisotopic (exact) mass is 419 g/mol. The fraction of sp³-hybridized carbons (Fsp3) is 0.217. The number of benzene rings is 2. The molecule has 1 saturated carbocycles. The number of fused-ring (bicyclic) bond motifs is 3. The minimum atomic E-state index is -3.73. The van der Waals surface area contributed by atoms with Gasteiger partial charge < -0.3 is 5.32 Å². The molecule has 1 aromatic heterocycles. The van der Waals surface area contributed by atoms with Gasteiger partial charge in [0.05, 0.1) is 10.6 Å². The summed E-state index contributed by atoms with van der Waals surface area (Å²) >= 11 is 0. The molecule has 2 aliphatic rings. The Balaban J connectivity index is 1.27. The first-order valence-electron chi connectivity index (χ1n) is 9.94. The molecule has 0 saturated heterocycles. The number of sulfonamides is 1. The summed E-state index contributed by atoms with van der Waals surface area (Å²) in [4.78, 5) is 16.7. The van der Waals surface area contributed by atoms with Crippen LogP contribution in [0.4, 0.5) is 5.69 Å². The number of amides is 1. The second-order valence-electron chi connectivity index (χ2n) is 7.79. The Labute approximate surface area is 175 Å². The van der Waals surface area contributed by atoms with Gasteiger partial charge in [0.15, 0.2) is 0 Å². The number of hydrogen-bond acceptors (Lipinski definition) is 4. The lowest BCUT2D eigenvalue weighted by atomic mass is 9.92. The molecule has 0 unspecified atom stereocenters. The molecule has 2 aromatic carbocycles. The zero-order valence-corrected chi connectivity index (χ0v) is 17.0. The summed E-state index contributed by atoms with van der Waals surface area (Å²) in [5.74, 6) is 0.717. The maximum Gasteiger partial charge on any atom is 0.261 e. The standard InChI is InChI=1S/C23H21N3O3S/c27-23(25-22-20-10-7-15-3-1-2-4-19(15)21(20)22)16-5-8-18(9-6-16)30(28,29)26-17-11-13-24-14-12-17/h1-6,8-9,11-14,20-22H,7,10H2,(H,24,26)(H,25,27)/t20-,21-,22-/m1/s1. The maximum atomic E-state index is 12.7. The molecule has 7 heteroatoms. The predicted molar refractivity (Wildman–Crippen MR) is 114 cm³/mol. The molecule has 1 heterocycles. The molecule has 2 aliphatic carbocycles. The number of rotatable bonds is 5. The molecule has 152 valence electrons. The average Bonchev–Trinajstić information content (AvgIpc) is 3.47. The number of nitrogens with zero attached hydrogens (tertiary/aromatic N) is 1. The van der Waals surface area contributed by atoms with Crippen molar-refractivity contribution >= 4 is 21.6 Å². The summed E-state index contributed by atoms with van der Waals surface area (Å²) in [5, 5.41) is 3.14. The number of hydrogen-bond donors (Lipinski definition) is 2. The van der Waals surface area contributed by atoms with Crippen molar-refractivity contribution in [3.8, 4) is 0 Å². The van der Waals surface area contributed by atoms with Gasteiger partial charge in [0.1, 0.15) is 0 Å². The van der Waals surface area contributed by atoms with Crippen LogP contribution in [0.3, 0.4) is 0 Å². The van der Waals surface area contributed by atoms with Gasteiger partial charge in [-0.15, -0.1) is 0 Å². The molecule has 0 aliphatic heterocycles.